The van der Waals surface area contributed by atoms with Gasteiger partial charge in [0.2, 0.25) is 0 Å². The second-order valence-corrected chi connectivity index (χ2v) is 7.01. The van der Waals surface area contributed by atoms with Crippen LogP contribution in [0.5, 0.6) is 5.75 Å². The maximum absolute atomic E-state index is 12.7. The van der Waals surface area contributed by atoms with Crippen LogP contribution in [0.2, 0.25) is 0 Å². The number of nitrogens with two attached hydrogens (primary N) is 1. The summed E-state index contributed by atoms with van der Waals surface area (Å²) < 4.78 is 0. The van der Waals surface area contributed by atoms with Gasteiger partial charge in [0.25, 0.3) is 11.8 Å². The molecule has 0 aliphatic rings. The van der Waals surface area contributed by atoms with E-state index in [0.717, 1.165) is 16.7 Å². The number of aromatic amines is 1. The van der Waals surface area contributed by atoms with E-state index in [1.807, 2.05) is 42.5 Å². The molecule has 0 spiro atoms. The highest BCUT2D eigenvalue weighted by Gasteiger charge is 2.18. The Morgan fingerprint density at radius 1 is 0.903 bits per heavy atom. The summed E-state index contributed by atoms with van der Waals surface area (Å²) >= 11 is 0. The molecular formula is C24H20N4O3. The van der Waals surface area contributed by atoms with E-state index in [1.165, 1.54) is 0 Å². The minimum atomic E-state index is -0.747. The zero-order chi connectivity index (χ0) is 21.8. The van der Waals surface area contributed by atoms with Crippen LogP contribution in [0.15, 0.2) is 78.9 Å². The molecule has 2 amide bonds. The second kappa shape index (κ2) is 8.54. The number of rotatable bonds is 6. The Labute approximate surface area is 178 Å². The second-order valence-electron chi connectivity index (χ2n) is 7.01. The minimum Gasteiger partial charge on any atom is -0.508 e. The Hall–Kier alpha value is -4.39. The summed E-state index contributed by atoms with van der Waals surface area (Å²) in [4.78, 5) is 31.7. The standard InChI is InChI=1S/C24H20N4O3/c25-22(30)21-23(27-20(26-21)14-15-6-12-19(29)13-7-15)28-24(31)18-10-8-17(9-11-18)16-4-2-1-3-5-16/h1-13,29H,14H2,(H2,25,30)(H,26,27)(H,28,31). The van der Waals surface area contributed by atoms with Crippen LogP contribution in [-0.2, 0) is 6.42 Å². The summed E-state index contributed by atoms with van der Waals surface area (Å²) in [6.45, 7) is 0. The van der Waals surface area contributed by atoms with Crippen LogP contribution in [0.1, 0.15) is 32.2 Å². The minimum absolute atomic E-state index is 0.0389. The number of benzene rings is 3. The number of anilines is 1. The molecule has 0 aliphatic carbocycles. The largest absolute Gasteiger partial charge is 0.508 e. The Balaban J connectivity index is 1.52. The van der Waals surface area contributed by atoms with Crippen LogP contribution in [-0.4, -0.2) is 26.9 Å². The molecule has 7 nitrogen and oxygen atoms in total. The van der Waals surface area contributed by atoms with Crippen molar-refractivity contribution in [3.05, 3.63) is 102 Å². The van der Waals surface area contributed by atoms with Crippen molar-refractivity contribution in [3.63, 3.8) is 0 Å². The molecule has 0 atom stereocenters. The van der Waals surface area contributed by atoms with E-state index in [9.17, 15) is 14.7 Å². The SMILES string of the molecule is NC(=O)c1nc(Cc2ccc(O)cc2)[nH]c1NC(=O)c1ccc(-c2ccccc2)cc1. The highest BCUT2D eigenvalue weighted by atomic mass is 16.3. The molecule has 0 saturated carbocycles. The van der Waals surface area contributed by atoms with Crippen LogP contribution < -0.4 is 11.1 Å². The first-order chi connectivity index (χ1) is 15.0. The third kappa shape index (κ3) is 4.62. The molecule has 0 fully saturated rings. The van der Waals surface area contributed by atoms with E-state index in [-0.39, 0.29) is 23.2 Å². The maximum atomic E-state index is 12.7. The normalized spacial score (nSPS) is 10.6. The molecule has 3 aromatic carbocycles. The number of aromatic hydroxyl groups is 1. The van der Waals surface area contributed by atoms with Gasteiger partial charge in [-0.25, -0.2) is 4.98 Å². The van der Waals surface area contributed by atoms with E-state index in [2.05, 4.69) is 15.3 Å². The number of hydrogen-bond acceptors (Lipinski definition) is 4. The number of phenols is 1. The lowest BCUT2D eigenvalue weighted by atomic mass is 10.0. The number of carbonyl (C=O) groups is 2. The monoisotopic (exact) mass is 412 g/mol. The third-order valence-corrected chi connectivity index (χ3v) is 4.79. The molecule has 4 rings (SSSR count). The number of aromatic nitrogens is 2. The van der Waals surface area contributed by atoms with Crippen LogP contribution in [0.3, 0.4) is 0 Å². The average molecular weight is 412 g/mol. The van der Waals surface area contributed by atoms with Crippen LogP contribution in [0.4, 0.5) is 5.82 Å². The Morgan fingerprint density at radius 2 is 1.55 bits per heavy atom. The van der Waals surface area contributed by atoms with Crippen molar-refractivity contribution in [2.45, 2.75) is 6.42 Å². The maximum Gasteiger partial charge on any atom is 0.271 e. The van der Waals surface area contributed by atoms with Crippen molar-refractivity contribution in [2.24, 2.45) is 5.73 Å². The Kier molecular flexibility index (Phi) is 5.49. The molecule has 0 radical (unpaired) electrons. The average Bonchev–Trinajstić information content (AvgIpc) is 3.18. The van der Waals surface area contributed by atoms with Crippen molar-refractivity contribution in [2.75, 3.05) is 5.32 Å². The molecule has 154 valence electrons. The van der Waals surface area contributed by atoms with Crippen molar-refractivity contribution in [1.29, 1.82) is 0 Å². The number of phenolic OH excluding ortho intramolecular Hbond substituents is 1. The highest BCUT2D eigenvalue weighted by molar-refractivity contribution is 6.07. The zero-order valence-electron chi connectivity index (χ0n) is 16.5. The lowest BCUT2D eigenvalue weighted by Crippen LogP contribution is -2.18. The van der Waals surface area contributed by atoms with Gasteiger partial charge in [-0.05, 0) is 41.0 Å². The molecule has 5 N–H and O–H groups in total. The highest BCUT2D eigenvalue weighted by Crippen LogP contribution is 2.21. The predicted octanol–water partition coefficient (Wildman–Crippen LogP) is 3.72. The lowest BCUT2D eigenvalue weighted by molar-refractivity contribution is 0.0997. The molecule has 7 heteroatoms. The van der Waals surface area contributed by atoms with Gasteiger partial charge in [-0.2, -0.15) is 0 Å². The van der Waals surface area contributed by atoms with Gasteiger partial charge in [0.1, 0.15) is 17.4 Å². The topological polar surface area (TPSA) is 121 Å². The molecule has 0 bridgehead atoms. The van der Waals surface area contributed by atoms with Crippen molar-refractivity contribution >= 4 is 17.6 Å². The number of nitrogens with zero attached hydrogens (tertiary/aromatic N) is 1. The molecule has 4 aromatic rings. The predicted molar refractivity (Wildman–Crippen MR) is 118 cm³/mol. The van der Waals surface area contributed by atoms with Crippen molar-refractivity contribution in [3.8, 4) is 16.9 Å². The van der Waals surface area contributed by atoms with Gasteiger partial charge in [-0.15, -0.1) is 0 Å². The summed E-state index contributed by atoms with van der Waals surface area (Å²) in [6, 6.07) is 23.6. The van der Waals surface area contributed by atoms with Crippen LogP contribution in [0.25, 0.3) is 11.1 Å². The van der Waals surface area contributed by atoms with E-state index < -0.39 is 5.91 Å². The first-order valence-corrected chi connectivity index (χ1v) is 9.63. The summed E-state index contributed by atoms with van der Waals surface area (Å²) in [7, 11) is 0. The van der Waals surface area contributed by atoms with Crippen molar-refractivity contribution in [1.82, 2.24) is 9.97 Å². The summed E-state index contributed by atoms with van der Waals surface area (Å²) in [5, 5.41) is 12.1. The van der Waals surface area contributed by atoms with Gasteiger partial charge >= 0.3 is 0 Å². The van der Waals surface area contributed by atoms with Gasteiger partial charge in [-0.3, -0.25) is 9.59 Å². The fourth-order valence-electron chi connectivity index (χ4n) is 3.21. The first kappa shape index (κ1) is 19.9. The molecule has 0 unspecified atom stereocenters. The van der Waals surface area contributed by atoms with Crippen LogP contribution >= 0.6 is 0 Å². The Morgan fingerprint density at radius 3 is 2.19 bits per heavy atom. The number of amides is 2. The number of nitrogens with one attached hydrogen (secondary N) is 2. The molecule has 0 aliphatic heterocycles. The van der Waals surface area contributed by atoms with E-state index >= 15 is 0 Å². The van der Waals surface area contributed by atoms with E-state index in [1.54, 1.807) is 36.4 Å². The summed E-state index contributed by atoms with van der Waals surface area (Å²) in [6.07, 6.45) is 0.377. The number of hydrogen-bond donors (Lipinski definition) is 4. The molecular weight excluding hydrogens is 392 g/mol. The molecule has 1 aromatic heterocycles. The molecule has 31 heavy (non-hydrogen) atoms. The smallest absolute Gasteiger partial charge is 0.271 e. The fourth-order valence-corrected chi connectivity index (χ4v) is 3.21. The van der Waals surface area contributed by atoms with Crippen molar-refractivity contribution < 1.29 is 14.7 Å². The third-order valence-electron chi connectivity index (χ3n) is 4.79. The summed E-state index contributed by atoms with van der Waals surface area (Å²) in [5.74, 6) is -0.357. The molecule has 0 saturated heterocycles. The van der Waals surface area contributed by atoms with Gasteiger partial charge in [0.15, 0.2) is 5.69 Å². The lowest BCUT2D eigenvalue weighted by Gasteiger charge is -2.06. The quantitative estimate of drug-likeness (QED) is 0.386. The zero-order valence-corrected chi connectivity index (χ0v) is 16.5. The van der Waals surface area contributed by atoms with Gasteiger partial charge in [0.05, 0.1) is 0 Å². The van der Waals surface area contributed by atoms with Gasteiger partial charge in [-0.1, -0.05) is 54.6 Å². The Bertz CT molecular complexity index is 1210. The molecule has 1 heterocycles. The van der Waals surface area contributed by atoms with Gasteiger partial charge < -0.3 is 21.1 Å². The summed E-state index contributed by atoms with van der Waals surface area (Å²) in [5.41, 5.74) is 8.75. The number of carbonyl (C=O) groups excluding carboxylic acids is 2. The van der Waals surface area contributed by atoms with Gasteiger partial charge in [0, 0.05) is 12.0 Å². The first-order valence-electron chi connectivity index (χ1n) is 9.63. The fraction of sp³-hybridized carbons (Fsp3) is 0.0417. The van der Waals surface area contributed by atoms with E-state index in [0.29, 0.717) is 17.8 Å². The van der Waals surface area contributed by atoms with Crippen LogP contribution in [0, 0.1) is 0 Å². The van der Waals surface area contributed by atoms with E-state index in [4.69, 9.17) is 5.73 Å². The number of imidazole rings is 1. The number of primary amides is 1. The number of H-pyrrole nitrogens is 1.